The summed E-state index contributed by atoms with van der Waals surface area (Å²) in [5, 5.41) is 2.64. The van der Waals surface area contributed by atoms with Crippen LogP contribution in [0.15, 0.2) is 71.9 Å². The van der Waals surface area contributed by atoms with E-state index in [1.807, 2.05) is 30.3 Å². The molecule has 33 heavy (non-hydrogen) atoms. The third kappa shape index (κ3) is 5.72. The van der Waals surface area contributed by atoms with Gasteiger partial charge in [0, 0.05) is 5.56 Å². The van der Waals surface area contributed by atoms with Crippen molar-refractivity contribution in [2.75, 3.05) is 6.61 Å². The molecular formula is C25H26N2O6. The summed E-state index contributed by atoms with van der Waals surface area (Å²) in [5.74, 6) is -1.94. The molecule has 0 radical (unpaired) electrons. The number of rotatable bonds is 9. The molecule has 3 rings (SSSR count). The number of carbonyl (C=O) groups excluding carboxylic acids is 4. The Kier molecular flexibility index (Phi) is 7.74. The maximum absolute atomic E-state index is 13.0. The van der Waals surface area contributed by atoms with Crippen LogP contribution in [0, 0.1) is 0 Å². The van der Waals surface area contributed by atoms with Gasteiger partial charge in [-0.15, -0.1) is 0 Å². The van der Waals surface area contributed by atoms with Crippen molar-refractivity contribution < 1.29 is 28.7 Å². The molecule has 0 saturated carbocycles. The Balaban J connectivity index is 1.78. The Bertz CT molecular complexity index is 1060. The summed E-state index contributed by atoms with van der Waals surface area (Å²) in [7, 11) is 0. The van der Waals surface area contributed by atoms with Gasteiger partial charge in [0.1, 0.15) is 18.9 Å². The Morgan fingerprint density at radius 3 is 2.12 bits per heavy atom. The second-order valence-electron chi connectivity index (χ2n) is 7.84. The standard InChI is InChI=1S/C25H26N2O6/c1-16(2)21(25(31)33-15-18-10-6-4-7-11-18)27-23(30)20(24(27)32-14-17(3)28)26-22(29)19-12-8-5-9-13-19/h4-13,20,24H,14-15H2,1-3H3,(H,26,29). The van der Waals surface area contributed by atoms with Crippen LogP contribution in [0.1, 0.15) is 36.7 Å². The first kappa shape index (κ1) is 23.9. The molecule has 2 atom stereocenters. The fourth-order valence-electron chi connectivity index (χ4n) is 3.36. The summed E-state index contributed by atoms with van der Waals surface area (Å²) >= 11 is 0. The first-order valence-corrected chi connectivity index (χ1v) is 10.5. The van der Waals surface area contributed by atoms with E-state index in [0.717, 1.165) is 10.5 Å². The van der Waals surface area contributed by atoms with Crippen molar-refractivity contribution in [2.45, 2.75) is 39.6 Å². The number of β-lactam (4-membered cyclic amide) rings is 1. The normalized spacial score (nSPS) is 17.1. The number of amides is 2. The number of ether oxygens (including phenoxy) is 2. The molecule has 0 aliphatic carbocycles. The number of ketones is 1. The molecule has 8 nitrogen and oxygen atoms in total. The highest BCUT2D eigenvalue weighted by Gasteiger charge is 2.53. The van der Waals surface area contributed by atoms with Crippen molar-refractivity contribution in [1.82, 2.24) is 10.2 Å². The minimum atomic E-state index is -1.05. The molecule has 2 unspecified atom stereocenters. The number of benzene rings is 2. The van der Waals surface area contributed by atoms with Gasteiger partial charge in [0.2, 0.25) is 0 Å². The predicted molar refractivity (Wildman–Crippen MR) is 120 cm³/mol. The van der Waals surface area contributed by atoms with Crippen LogP contribution in [0.3, 0.4) is 0 Å². The molecule has 2 amide bonds. The zero-order valence-electron chi connectivity index (χ0n) is 18.7. The van der Waals surface area contributed by atoms with Gasteiger partial charge in [-0.3, -0.25) is 19.3 Å². The minimum Gasteiger partial charge on any atom is -0.456 e. The fraction of sp³-hybridized carbons (Fsp3) is 0.280. The predicted octanol–water partition coefficient (Wildman–Crippen LogP) is 2.60. The molecular weight excluding hydrogens is 424 g/mol. The van der Waals surface area contributed by atoms with E-state index in [1.165, 1.54) is 6.92 Å². The summed E-state index contributed by atoms with van der Waals surface area (Å²) < 4.78 is 11.0. The lowest BCUT2D eigenvalue weighted by atomic mass is 10.0. The molecule has 1 heterocycles. The van der Waals surface area contributed by atoms with E-state index in [9.17, 15) is 19.2 Å². The monoisotopic (exact) mass is 450 g/mol. The Morgan fingerprint density at radius 1 is 0.939 bits per heavy atom. The summed E-state index contributed by atoms with van der Waals surface area (Å²) in [6, 6.07) is 16.5. The van der Waals surface area contributed by atoms with Crippen molar-refractivity contribution in [3.63, 3.8) is 0 Å². The summed E-state index contributed by atoms with van der Waals surface area (Å²) in [4.78, 5) is 51.1. The highest BCUT2D eigenvalue weighted by Crippen LogP contribution is 2.29. The molecule has 172 valence electrons. The van der Waals surface area contributed by atoms with Crippen LogP contribution in [0.2, 0.25) is 0 Å². The van der Waals surface area contributed by atoms with E-state index in [-0.39, 0.29) is 24.7 Å². The topological polar surface area (TPSA) is 102 Å². The third-order valence-corrected chi connectivity index (χ3v) is 4.94. The van der Waals surface area contributed by atoms with Crippen LogP contribution in [-0.2, 0) is 30.5 Å². The molecule has 0 spiro atoms. The molecule has 2 aromatic carbocycles. The van der Waals surface area contributed by atoms with Gasteiger partial charge < -0.3 is 14.8 Å². The van der Waals surface area contributed by atoms with E-state index < -0.39 is 30.1 Å². The SMILES string of the molecule is CC(=O)COC1C(NC(=O)c2ccccc2)C(=O)N1C(C(=O)OCc1ccccc1)=C(C)C. The Morgan fingerprint density at radius 2 is 1.55 bits per heavy atom. The largest absolute Gasteiger partial charge is 0.456 e. The lowest BCUT2D eigenvalue weighted by Gasteiger charge is -2.46. The van der Waals surface area contributed by atoms with Crippen molar-refractivity contribution in [3.8, 4) is 0 Å². The van der Waals surface area contributed by atoms with Gasteiger partial charge >= 0.3 is 5.97 Å². The van der Waals surface area contributed by atoms with Gasteiger partial charge in [-0.25, -0.2) is 4.79 Å². The number of Topliss-reactive ketones (excluding diaryl/α,β-unsaturated/α-hetero) is 1. The van der Waals surface area contributed by atoms with Crippen LogP contribution in [0.5, 0.6) is 0 Å². The Hall–Kier alpha value is -3.78. The lowest BCUT2D eigenvalue weighted by molar-refractivity contribution is -0.181. The molecule has 8 heteroatoms. The highest BCUT2D eigenvalue weighted by molar-refractivity contribution is 6.03. The first-order valence-electron chi connectivity index (χ1n) is 10.5. The maximum Gasteiger partial charge on any atom is 0.355 e. The first-order chi connectivity index (χ1) is 15.8. The summed E-state index contributed by atoms with van der Waals surface area (Å²) in [5.41, 5.74) is 1.73. The smallest absolute Gasteiger partial charge is 0.355 e. The van der Waals surface area contributed by atoms with Crippen LogP contribution in [0.25, 0.3) is 0 Å². The highest BCUT2D eigenvalue weighted by atomic mass is 16.5. The van der Waals surface area contributed by atoms with Crippen molar-refractivity contribution in [3.05, 3.63) is 83.1 Å². The summed E-state index contributed by atoms with van der Waals surface area (Å²) in [6.07, 6.45) is -1.02. The number of carbonyl (C=O) groups is 4. The molecule has 1 saturated heterocycles. The molecule has 1 aliphatic rings. The van der Waals surface area contributed by atoms with E-state index in [1.54, 1.807) is 44.2 Å². The van der Waals surface area contributed by atoms with Crippen molar-refractivity contribution >= 4 is 23.6 Å². The van der Waals surface area contributed by atoms with Crippen molar-refractivity contribution in [1.29, 1.82) is 0 Å². The van der Waals surface area contributed by atoms with E-state index in [2.05, 4.69) is 5.32 Å². The van der Waals surface area contributed by atoms with Crippen LogP contribution in [-0.4, -0.2) is 47.3 Å². The second kappa shape index (κ2) is 10.7. The van der Waals surface area contributed by atoms with E-state index in [0.29, 0.717) is 11.1 Å². The second-order valence-corrected chi connectivity index (χ2v) is 7.84. The number of nitrogens with zero attached hydrogens (tertiary/aromatic N) is 1. The quantitative estimate of drug-likeness (QED) is 0.358. The molecule has 2 aromatic rings. The number of allylic oxidation sites excluding steroid dienone is 1. The molecule has 1 N–H and O–H groups in total. The number of hydrogen-bond donors (Lipinski definition) is 1. The van der Waals surface area contributed by atoms with Crippen molar-refractivity contribution in [2.24, 2.45) is 0 Å². The van der Waals surface area contributed by atoms with E-state index >= 15 is 0 Å². The van der Waals surface area contributed by atoms with Gasteiger partial charge in [-0.1, -0.05) is 48.5 Å². The zero-order valence-corrected chi connectivity index (χ0v) is 18.7. The van der Waals surface area contributed by atoms with Crippen LogP contribution < -0.4 is 5.32 Å². The number of hydrogen-bond acceptors (Lipinski definition) is 6. The zero-order chi connectivity index (χ0) is 24.0. The fourth-order valence-corrected chi connectivity index (χ4v) is 3.36. The molecule has 1 aliphatic heterocycles. The minimum absolute atomic E-state index is 0.0229. The average Bonchev–Trinajstić information content (AvgIpc) is 2.81. The van der Waals surface area contributed by atoms with Gasteiger partial charge in [0.25, 0.3) is 11.8 Å². The number of likely N-dealkylation sites (tertiary alicyclic amines) is 1. The number of nitrogens with one attached hydrogen (secondary N) is 1. The van der Waals surface area contributed by atoms with E-state index in [4.69, 9.17) is 9.47 Å². The molecule has 1 fully saturated rings. The average molecular weight is 450 g/mol. The maximum atomic E-state index is 13.0. The van der Waals surface area contributed by atoms with Gasteiger partial charge in [-0.05, 0) is 44.0 Å². The molecule has 0 aromatic heterocycles. The number of esters is 1. The van der Waals surface area contributed by atoms with Gasteiger partial charge in [-0.2, -0.15) is 0 Å². The van der Waals surface area contributed by atoms with Crippen LogP contribution >= 0.6 is 0 Å². The summed E-state index contributed by atoms with van der Waals surface area (Å²) in [6.45, 7) is 4.44. The lowest BCUT2D eigenvalue weighted by Crippen LogP contribution is -2.71. The van der Waals surface area contributed by atoms with Crippen LogP contribution in [0.4, 0.5) is 0 Å². The van der Waals surface area contributed by atoms with Gasteiger partial charge in [0.15, 0.2) is 18.1 Å². The molecule has 0 bridgehead atoms. The Labute approximate surface area is 192 Å². The third-order valence-electron chi connectivity index (χ3n) is 4.94. The van der Waals surface area contributed by atoms with Gasteiger partial charge in [0.05, 0.1) is 0 Å².